The maximum Gasteiger partial charge on any atom is 0.319 e. The second kappa shape index (κ2) is 9.42. The highest BCUT2D eigenvalue weighted by molar-refractivity contribution is 6.35. The van der Waals surface area contributed by atoms with E-state index < -0.39 is 5.82 Å². The molecule has 1 spiro atoms. The monoisotopic (exact) mass is 561 g/mol. The van der Waals surface area contributed by atoms with Crippen LogP contribution in [0.3, 0.4) is 0 Å². The van der Waals surface area contributed by atoms with Crippen molar-refractivity contribution >= 4 is 45.1 Å². The van der Waals surface area contributed by atoms with E-state index in [1.807, 2.05) is 18.2 Å². The fraction of sp³-hybridized carbons (Fsp3) is 0.379. The molecule has 11 heteroatoms. The number of carbonyl (C=O) groups is 1. The SMILES string of the molecule is C=CC(=O)N1CC2(C1)CN(c1nc(OC[C@@H]3CCCN3C)nc3c(F)c(-c4cccc5[nH]ncc45)c(Cl)cc13)C2. The van der Waals surface area contributed by atoms with E-state index in [1.54, 1.807) is 17.2 Å². The molecule has 0 bridgehead atoms. The Morgan fingerprint density at radius 1 is 1.27 bits per heavy atom. The van der Waals surface area contributed by atoms with Gasteiger partial charge < -0.3 is 19.4 Å². The third-order valence-electron chi connectivity index (χ3n) is 8.56. The van der Waals surface area contributed by atoms with Gasteiger partial charge in [-0.15, -0.1) is 0 Å². The number of nitrogens with one attached hydrogen (secondary N) is 1. The summed E-state index contributed by atoms with van der Waals surface area (Å²) in [7, 11) is 2.08. The molecule has 2 aromatic carbocycles. The molecule has 9 nitrogen and oxygen atoms in total. The highest BCUT2D eigenvalue weighted by Gasteiger charge is 2.53. The number of anilines is 1. The molecular formula is C29H29ClFN7O2. The van der Waals surface area contributed by atoms with E-state index in [0.717, 1.165) is 30.3 Å². The predicted molar refractivity (Wildman–Crippen MR) is 152 cm³/mol. The van der Waals surface area contributed by atoms with Gasteiger partial charge in [0.2, 0.25) is 5.91 Å². The van der Waals surface area contributed by atoms with Crippen LogP contribution in [0.2, 0.25) is 5.02 Å². The molecule has 4 aromatic rings. The quantitative estimate of drug-likeness (QED) is 0.352. The van der Waals surface area contributed by atoms with Gasteiger partial charge in [0.25, 0.3) is 0 Å². The van der Waals surface area contributed by atoms with Gasteiger partial charge in [-0.3, -0.25) is 9.89 Å². The first-order valence-corrected chi connectivity index (χ1v) is 13.9. The van der Waals surface area contributed by atoms with Crippen LogP contribution in [0.4, 0.5) is 10.2 Å². The minimum atomic E-state index is -0.524. The molecule has 0 unspecified atom stereocenters. The highest BCUT2D eigenvalue weighted by Crippen LogP contribution is 2.46. The van der Waals surface area contributed by atoms with Crippen LogP contribution in [0, 0.1) is 11.2 Å². The van der Waals surface area contributed by atoms with Crippen molar-refractivity contribution < 1.29 is 13.9 Å². The van der Waals surface area contributed by atoms with Crippen molar-refractivity contribution in [2.24, 2.45) is 5.41 Å². The van der Waals surface area contributed by atoms with Crippen molar-refractivity contribution in [2.45, 2.75) is 18.9 Å². The lowest BCUT2D eigenvalue weighted by molar-refractivity contribution is -0.139. The van der Waals surface area contributed by atoms with Gasteiger partial charge in [0.05, 0.1) is 16.7 Å². The van der Waals surface area contributed by atoms with Gasteiger partial charge in [-0.1, -0.05) is 30.3 Å². The van der Waals surface area contributed by atoms with E-state index in [0.29, 0.717) is 49.6 Å². The van der Waals surface area contributed by atoms with Crippen LogP contribution in [0.25, 0.3) is 32.9 Å². The van der Waals surface area contributed by atoms with Crippen molar-refractivity contribution in [3.8, 4) is 17.1 Å². The number of H-pyrrole nitrogens is 1. The molecule has 0 radical (unpaired) electrons. The van der Waals surface area contributed by atoms with Gasteiger partial charge in [-0.2, -0.15) is 15.1 Å². The maximum atomic E-state index is 16.5. The van der Waals surface area contributed by atoms with Crippen LogP contribution in [-0.4, -0.2) is 88.3 Å². The van der Waals surface area contributed by atoms with Crippen molar-refractivity contribution in [1.82, 2.24) is 30.0 Å². The summed E-state index contributed by atoms with van der Waals surface area (Å²) >= 11 is 6.78. The van der Waals surface area contributed by atoms with Crippen LogP contribution in [0.5, 0.6) is 6.01 Å². The summed E-state index contributed by atoms with van der Waals surface area (Å²) in [6, 6.07) is 7.71. The van der Waals surface area contributed by atoms with Gasteiger partial charge in [0, 0.05) is 54.0 Å². The molecule has 3 aliphatic rings. The number of benzene rings is 2. The topological polar surface area (TPSA) is 90.5 Å². The smallest absolute Gasteiger partial charge is 0.319 e. The molecular weight excluding hydrogens is 533 g/mol. The van der Waals surface area contributed by atoms with Crippen molar-refractivity contribution in [1.29, 1.82) is 0 Å². The van der Waals surface area contributed by atoms with Crippen LogP contribution in [0.1, 0.15) is 12.8 Å². The predicted octanol–water partition coefficient (Wildman–Crippen LogP) is 4.27. The second-order valence-electron chi connectivity index (χ2n) is 11.3. The third kappa shape index (κ3) is 4.00. The third-order valence-corrected chi connectivity index (χ3v) is 8.86. The first-order valence-electron chi connectivity index (χ1n) is 13.5. The number of hydrogen-bond donors (Lipinski definition) is 1. The molecule has 0 aliphatic carbocycles. The van der Waals surface area contributed by atoms with Gasteiger partial charge in [-0.05, 0) is 50.2 Å². The van der Waals surface area contributed by atoms with Gasteiger partial charge in [-0.25, -0.2) is 4.39 Å². The summed E-state index contributed by atoms with van der Waals surface area (Å²) in [5.74, 6) is 0.00948. The van der Waals surface area contributed by atoms with E-state index in [-0.39, 0.29) is 39.5 Å². The molecule has 206 valence electrons. The number of fused-ring (bicyclic) bond motifs is 2. The lowest BCUT2D eigenvalue weighted by Crippen LogP contribution is -2.73. The second-order valence-corrected chi connectivity index (χ2v) is 11.7. The number of aromatic amines is 1. The lowest BCUT2D eigenvalue weighted by atomic mass is 9.72. The number of halogens is 2. The Hall–Kier alpha value is -3.76. The van der Waals surface area contributed by atoms with E-state index >= 15 is 4.39 Å². The first-order chi connectivity index (χ1) is 19.4. The van der Waals surface area contributed by atoms with Crippen LogP contribution in [-0.2, 0) is 4.79 Å². The standard InChI is InChI=1S/C29H29ClFN7O2/c1-3-23(39)37-13-29(14-37)15-38(16-29)27-19-10-21(30)24(18-7-4-8-22-20(18)11-32-35-22)25(31)26(19)33-28(34-27)40-12-17-6-5-9-36(17)2/h3-4,7-8,10-11,17H,1,5-6,9,12-16H2,2H3,(H,32,35)/t17-/m0/s1. The van der Waals surface area contributed by atoms with E-state index in [2.05, 4.69) is 38.6 Å². The number of carbonyl (C=O) groups excluding carboxylic acids is 1. The number of ether oxygens (including phenoxy) is 1. The van der Waals surface area contributed by atoms with Crippen molar-refractivity contribution in [3.63, 3.8) is 0 Å². The van der Waals surface area contributed by atoms with Gasteiger partial charge in [0.1, 0.15) is 17.9 Å². The average molecular weight is 562 g/mol. The number of hydrogen-bond acceptors (Lipinski definition) is 7. The zero-order chi connectivity index (χ0) is 27.6. The Bertz CT molecular complexity index is 1660. The zero-order valence-electron chi connectivity index (χ0n) is 22.2. The maximum absolute atomic E-state index is 16.5. The zero-order valence-corrected chi connectivity index (χ0v) is 22.9. The number of amides is 1. The number of likely N-dealkylation sites (N-methyl/N-ethyl adjacent to an activating group) is 1. The van der Waals surface area contributed by atoms with Gasteiger partial charge in [0.15, 0.2) is 5.82 Å². The van der Waals surface area contributed by atoms with E-state index in [4.69, 9.17) is 21.3 Å². The Kier molecular flexibility index (Phi) is 5.94. The molecule has 40 heavy (non-hydrogen) atoms. The van der Waals surface area contributed by atoms with E-state index in [1.165, 1.54) is 6.08 Å². The molecule has 3 saturated heterocycles. The Morgan fingerprint density at radius 3 is 2.85 bits per heavy atom. The molecule has 1 N–H and O–H groups in total. The normalized spacial score (nSPS) is 20.2. The number of likely N-dealkylation sites (tertiary alicyclic amines) is 2. The fourth-order valence-corrected chi connectivity index (χ4v) is 6.71. The summed E-state index contributed by atoms with van der Waals surface area (Å²) in [6.45, 7) is 7.76. The molecule has 5 heterocycles. The molecule has 3 aliphatic heterocycles. The number of nitrogens with zero attached hydrogens (tertiary/aromatic N) is 6. The van der Waals surface area contributed by atoms with Crippen LogP contribution < -0.4 is 9.64 Å². The van der Waals surface area contributed by atoms with Gasteiger partial charge >= 0.3 is 6.01 Å². The Balaban J connectivity index is 1.28. The molecule has 7 rings (SSSR count). The fourth-order valence-electron chi connectivity index (χ4n) is 6.42. The van der Waals surface area contributed by atoms with E-state index in [9.17, 15) is 4.79 Å². The minimum absolute atomic E-state index is 0.00271. The van der Waals surface area contributed by atoms with Crippen LogP contribution in [0.15, 0.2) is 43.1 Å². The molecule has 1 amide bonds. The van der Waals surface area contributed by atoms with Crippen molar-refractivity contribution in [2.75, 3.05) is 51.3 Å². The highest BCUT2D eigenvalue weighted by atomic mass is 35.5. The largest absolute Gasteiger partial charge is 0.462 e. The summed E-state index contributed by atoms with van der Waals surface area (Å²) in [6.07, 6.45) is 5.17. The summed E-state index contributed by atoms with van der Waals surface area (Å²) < 4.78 is 22.6. The molecule has 3 fully saturated rings. The average Bonchev–Trinajstić information content (AvgIpc) is 3.55. The minimum Gasteiger partial charge on any atom is -0.462 e. The Labute approximate surface area is 235 Å². The Morgan fingerprint density at radius 2 is 2.10 bits per heavy atom. The lowest BCUT2D eigenvalue weighted by Gasteiger charge is -2.60. The summed E-state index contributed by atoms with van der Waals surface area (Å²) in [4.78, 5) is 27.5. The number of aromatic nitrogens is 4. The van der Waals surface area contributed by atoms with Crippen LogP contribution >= 0.6 is 11.6 Å². The number of rotatable bonds is 6. The molecule has 2 aromatic heterocycles. The summed E-state index contributed by atoms with van der Waals surface area (Å²) in [5.41, 5.74) is 1.86. The molecule has 1 atom stereocenters. The molecule has 0 saturated carbocycles. The summed E-state index contributed by atoms with van der Waals surface area (Å²) in [5, 5.41) is 8.62. The first kappa shape index (κ1) is 25.2. The van der Waals surface area contributed by atoms with Crippen molar-refractivity contribution in [3.05, 3.63) is 54.0 Å².